The van der Waals surface area contributed by atoms with Crippen molar-refractivity contribution in [3.63, 3.8) is 0 Å². The number of nitrogens with two attached hydrogens (primary N) is 1. The van der Waals surface area contributed by atoms with Gasteiger partial charge in [0, 0.05) is 22.7 Å². The molecule has 5 heteroatoms. The largest absolute Gasteiger partial charge is 0.508 e. The summed E-state index contributed by atoms with van der Waals surface area (Å²) in [6.45, 7) is 0. The van der Waals surface area contributed by atoms with Crippen LogP contribution in [0.3, 0.4) is 0 Å². The summed E-state index contributed by atoms with van der Waals surface area (Å²) in [5.41, 5.74) is 7.01. The molecule has 0 saturated heterocycles. The first-order valence-corrected chi connectivity index (χ1v) is 4.15. The Balaban J connectivity index is 0.00000112. The van der Waals surface area contributed by atoms with E-state index in [1.54, 1.807) is 30.7 Å². The smallest absolute Gasteiger partial charge is 0.221 e. The number of aromatic amines is 1. The fourth-order valence-corrected chi connectivity index (χ4v) is 1.45. The summed E-state index contributed by atoms with van der Waals surface area (Å²) in [4.78, 5) is 13.4. The summed E-state index contributed by atoms with van der Waals surface area (Å²) in [5, 5.41) is 10.0. The Morgan fingerprint density at radius 1 is 1.47 bits per heavy atom. The van der Waals surface area contributed by atoms with Crippen LogP contribution in [0.15, 0.2) is 24.4 Å². The lowest BCUT2D eigenvalue weighted by atomic mass is 10.1. The van der Waals surface area contributed by atoms with Crippen molar-refractivity contribution in [2.24, 2.45) is 5.73 Å². The minimum absolute atomic E-state index is 0. The van der Waals surface area contributed by atoms with Gasteiger partial charge in [0.1, 0.15) is 5.75 Å². The Morgan fingerprint density at radius 2 is 2.20 bits per heavy atom. The van der Waals surface area contributed by atoms with Crippen molar-refractivity contribution in [1.29, 1.82) is 0 Å². The average Bonchev–Trinajstić information content (AvgIpc) is 2.59. The van der Waals surface area contributed by atoms with Crippen LogP contribution >= 0.6 is 17.0 Å². The molecule has 0 aliphatic rings. The number of fused-ring (bicyclic) bond motifs is 1. The Labute approximate surface area is 96.9 Å². The molecular weight excluding hydrogens is 260 g/mol. The normalized spacial score (nSPS) is 12.1. The van der Waals surface area contributed by atoms with Gasteiger partial charge in [-0.15, -0.1) is 17.0 Å². The van der Waals surface area contributed by atoms with E-state index in [-0.39, 0.29) is 22.7 Å². The average molecular weight is 270 g/mol. The summed E-state index contributed by atoms with van der Waals surface area (Å²) >= 11 is 0. The van der Waals surface area contributed by atoms with Crippen LogP contribution in [0.25, 0.3) is 10.9 Å². The lowest BCUT2D eigenvalue weighted by Gasteiger charge is -2.00. The van der Waals surface area contributed by atoms with E-state index >= 15 is 0 Å². The second-order valence-corrected chi connectivity index (χ2v) is 3.07. The number of hydrogen-bond acceptors (Lipinski definition) is 3. The summed E-state index contributed by atoms with van der Waals surface area (Å²) in [6.07, 6.45) is 3.36. The molecule has 2 aromatic rings. The molecule has 15 heavy (non-hydrogen) atoms. The zero-order valence-electron chi connectivity index (χ0n) is 7.73. The highest BCUT2D eigenvalue weighted by molar-refractivity contribution is 8.93. The second-order valence-electron chi connectivity index (χ2n) is 3.07. The van der Waals surface area contributed by atoms with Crippen molar-refractivity contribution in [3.05, 3.63) is 30.0 Å². The Hall–Kier alpha value is -1.33. The van der Waals surface area contributed by atoms with E-state index in [0.717, 1.165) is 10.9 Å². The zero-order valence-corrected chi connectivity index (χ0v) is 9.44. The van der Waals surface area contributed by atoms with Crippen LogP contribution in [0.1, 0.15) is 11.6 Å². The number of phenolic OH excluding ortho intramolecular Hbond substituents is 1. The molecule has 0 fully saturated rings. The number of H-pyrrole nitrogens is 1. The number of benzene rings is 1. The van der Waals surface area contributed by atoms with Crippen LogP contribution in [0.4, 0.5) is 0 Å². The van der Waals surface area contributed by atoms with E-state index in [0.29, 0.717) is 5.56 Å². The van der Waals surface area contributed by atoms with E-state index in [4.69, 9.17) is 5.73 Å². The van der Waals surface area contributed by atoms with Crippen LogP contribution in [-0.4, -0.2) is 16.4 Å². The minimum Gasteiger partial charge on any atom is -0.508 e. The summed E-state index contributed by atoms with van der Waals surface area (Å²) in [7, 11) is 0. The van der Waals surface area contributed by atoms with Gasteiger partial charge in [-0.25, -0.2) is 0 Å². The second kappa shape index (κ2) is 4.46. The molecule has 0 aliphatic heterocycles. The van der Waals surface area contributed by atoms with E-state index in [9.17, 15) is 9.90 Å². The molecule has 1 heterocycles. The van der Waals surface area contributed by atoms with Gasteiger partial charge >= 0.3 is 0 Å². The summed E-state index contributed by atoms with van der Waals surface area (Å²) < 4.78 is 0. The molecule has 1 aromatic heterocycles. The molecule has 4 N–H and O–H groups in total. The van der Waals surface area contributed by atoms with Crippen molar-refractivity contribution in [2.75, 3.05) is 0 Å². The lowest BCUT2D eigenvalue weighted by Crippen LogP contribution is -2.10. The maximum Gasteiger partial charge on any atom is 0.221 e. The van der Waals surface area contributed by atoms with E-state index in [2.05, 4.69) is 4.98 Å². The highest BCUT2D eigenvalue weighted by atomic mass is 79.9. The summed E-state index contributed by atoms with van der Waals surface area (Å²) in [6, 6.07) is 4.09. The van der Waals surface area contributed by atoms with Gasteiger partial charge in [-0.05, 0) is 18.2 Å². The molecule has 2 rings (SSSR count). The predicted molar refractivity (Wildman–Crippen MR) is 62.9 cm³/mol. The number of aromatic nitrogens is 1. The fourth-order valence-electron chi connectivity index (χ4n) is 1.45. The van der Waals surface area contributed by atoms with Gasteiger partial charge in [0.05, 0.1) is 6.04 Å². The van der Waals surface area contributed by atoms with Crippen LogP contribution in [0.5, 0.6) is 5.75 Å². The Kier molecular flexibility index (Phi) is 3.49. The molecular formula is C10H10BrN2O2. The molecule has 1 unspecified atom stereocenters. The highest BCUT2D eigenvalue weighted by Gasteiger charge is 2.11. The lowest BCUT2D eigenvalue weighted by molar-refractivity contribution is 0.476. The third kappa shape index (κ3) is 2.03. The Morgan fingerprint density at radius 3 is 2.87 bits per heavy atom. The quantitative estimate of drug-likeness (QED) is 0.774. The van der Waals surface area contributed by atoms with Gasteiger partial charge in [0.25, 0.3) is 0 Å². The zero-order chi connectivity index (χ0) is 10.1. The maximum absolute atomic E-state index is 10.4. The predicted octanol–water partition coefficient (Wildman–Crippen LogP) is 1.56. The van der Waals surface area contributed by atoms with Crippen LogP contribution in [0.2, 0.25) is 0 Å². The molecule has 4 nitrogen and oxygen atoms in total. The van der Waals surface area contributed by atoms with Crippen LogP contribution in [-0.2, 0) is 4.79 Å². The number of carbonyl (C=O) groups excluding carboxylic acids is 1. The van der Waals surface area contributed by atoms with Crippen molar-refractivity contribution >= 4 is 34.2 Å². The molecule has 0 aliphatic carbocycles. The van der Waals surface area contributed by atoms with Crippen molar-refractivity contribution in [3.8, 4) is 5.75 Å². The number of nitrogens with one attached hydrogen (secondary N) is 1. The molecule has 0 amide bonds. The van der Waals surface area contributed by atoms with Crippen molar-refractivity contribution in [2.45, 2.75) is 6.04 Å². The van der Waals surface area contributed by atoms with Gasteiger partial charge in [-0.1, -0.05) is 0 Å². The first-order valence-electron chi connectivity index (χ1n) is 4.15. The number of halogens is 1. The number of rotatable bonds is 2. The third-order valence-electron chi connectivity index (χ3n) is 2.16. The number of hydrogen-bond donors (Lipinski definition) is 3. The van der Waals surface area contributed by atoms with E-state index in [1.807, 2.05) is 0 Å². The van der Waals surface area contributed by atoms with Crippen LogP contribution in [0, 0.1) is 0 Å². The van der Waals surface area contributed by atoms with Gasteiger partial charge in [0.2, 0.25) is 6.29 Å². The molecule has 0 bridgehead atoms. The molecule has 0 saturated carbocycles. The maximum atomic E-state index is 10.4. The Bertz CT molecular complexity index is 481. The number of phenols is 1. The molecule has 79 valence electrons. The van der Waals surface area contributed by atoms with Gasteiger partial charge < -0.3 is 15.8 Å². The SMILES string of the molecule is Br.NC([C]=O)c1c[nH]c2ccc(O)cc12. The molecule has 1 aromatic carbocycles. The van der Waals surface area contributed by atoms with Gasteiger partial charge in [0.15, 0.2) is 0 Å². The van der Waals surface area contributed by atoms with Gasteiger partial charge in [-0.3, -0.25) is 4.79 Å². The van der Waals surface area contributed by atoms with Crippen LogP contribution < -0.4 is 5.73 Å². The third-order valence-corrected chi connectivity index (χ3v) is 2.16. The van der Waals surface area contributed by atoms with Crippen molar-refractivity contribution in [1.82, 2.24) is 4.98 Å². The van der Waals surface area contributed by atoms with E-state index in [1.165, 1.54) is 0 Å². The first-order chi connectivity index (χ1) is 6.72. The summed E-state index contributed by atoms with van der Waals surface area (Å²) in [5.74, 6) is 0.149. The molecule has 1 radical (unpaired) electrons. The van der Waals surface area contributed by atoms with E-state index < -0.39 is 6.04 Å². The van der Waals surface area contributed by atoms with Gasteiger partial charge in [-0.2, -0.15) is 0 Å². The minimum atomic E-state index is -0.773. The van der Waals surface area contributed by atoms with Crippen molar-refractivity contribution < 1.29 is 9.90 Å². The number of aromatic hydroxyl groups is 1. The topological polar surface area (TPSA) is 79.1 Å². The molecule has 0 spiro atoms. The highest BCUT2D eigenvalue weighted by Crippen LogP contribution is 2.25. The standard InChI is InChI=1S/C10H9N2O2.BrH/c11-9(5-13)8-4-12-10-2-1-6(14)3-7(8)10;/h1-4,9,12,14H,11H2;1H. The monoisotopic (exact) mass is 269 g/mol. The first kappa shape index (κ1) is 11.7. The fraction of sp³-hybridized carbons (Fsp3) is 0.100. The molecule has 1 atom stereocenters.